The van der Waals surface area contributed by atoms with Crippen molar-refractivity contribution in [3.05, 3.63) is 0 Å². The summed E-state index contributed by atoms with van der Waals surface area (Å²) in [5.74, 6) is -0.0379. The van der Waals surface area contributed by atoms with Crippen molar-refractivity contribution in [1.82, 2.24) is 4.90 Å². The highest BCUT2D eigenvalue weighted by Gasteiger charge is 2.26. The van der Waals surface area contributed by atoms with Gasteiger partial charge < -0.3 is 4.74 Å². The zero-order valence-electron chi connectivity index (χ0n) is 8.58. The molecule has 1 fully saturated rings. The van der Waals surface area contributed by atoms with E-state index in [2.05, 4.69) is 4.90 Å². The third-order valence-corrected chi connectivity index (χ3v) is 2.49. The smallest absolute Gasteiger partial charge is 0.323 e. The first-order valence-electron chi connectivity index (χ1n) is 5.12. The van der Waals surface area contributed by atoms with Gasteiger partial charge in [-0.25, -0.2) is 0 Å². The van der Waals surface area contributed by atoms with Crippen molar-refractivity contribution in [2.75, 3.05) is 20.2 Å². The predicted molar refractivity (Wildman–Crippen MR) is 51.5 cm³/mol. The van der Waals surface area contributed by atoms with Gasteiger partial charge in [0.05, 0.1) is 6.61 Å². The van der Waals surface area contributed by atoms with E-state index in [4.69, 9.17) is 4.74 Å². The SMILES string of the molecule is CCCOC(=O)C1CCCCN1C. The number of rotatable bonds is 3. The number of likely N-dealkylation sites (tertiary alicyclic amines) is 1. The van der Waals surface area contributed by atoms with Crippen LogP contribution in [0.25, 0.3) is 0 Å². The Labute approximate surface area is 80.1 Å². The van der Waals surface area contributed by atoms with Crippen molar-refractivity contribution >= 4 is 5.97 Å². The molecule has 3 heteroatoms. The van der Waals surface area contributed by atoms with E-state index < -0.39 is 0 Å². The second-order valence-corrected chi connectivity index (χ2v) is 3.66. The van der Waals surface area contributed by atoms with Crippen LogP contribution in [0.3, 0.4) is 0 Å². The summed E-state index contributed by atoms with van der Waals surface area (Å²) in [4.78, 5) is 13.6. The second-order valence-electron chi connectivity index (χ2n) is 3.66. The lowest BCUT2D eigenvalue weighted by Gasteiger charge is -2.30. The van der Waals surface area contributed by atoms with Gasteiger partial charge in [-0.15, -0.1) is 0 Å². The Bertz CT molecular complexity index is 170. The average molecular weight is 185 g/mol. The fourth-order valence-electron chi connectivity index (χ4n) is 1.67. The predicted octanol–water partition coefficient (Wildman–Crippen LogP) is 1.42. The molecule has 0 aliphatic carbocycles. The minimum atomic E-state index is -0.0379. The lowest BCUT2D eigenvalue weighted by Crippen LogP contribution is -2.42. The highest BCUT2D eigenvalue weighted by atomic mass is 16.5. The van der Waals surface area contributed by atoms with E-state index in [1.807, 2.05) is 14.0 Å². The number of piperidine rings is 1. The van der Waals surface area contributed by atoms with Crippen LogP contribution < -0.4 is 0 Å². The molecule has 1 aliphatic rings. The minimum Gasteiger partial charge on any atom is -0.465 e. The number of esters is 1. The van der Waals surface area contributed by atoms with Crippen LogP contribution in [0.1, 0.15) is 32.6 Å². The quantitative estimate of drug-likeness (QED) is 0.623. The average Bonchev–Trinajstić information content (AvgIpc) is 2.15. The van der Waals surface area contributed by atoms with Crippen molar-refractivity contribution in [2.24, 2.45) is 0 Å². The topological polar surface area (TPSA) is 29.5 Å². The molecule has 1 unspecified atom stereocenters. The first-order valence-corrected chi connectivity index (χ1v) is 5.12. The normalized spacial score (nSPS) is 24.3. The standard InChI is InChI=1S/C10H19NO2/c1-3-8-13-10(12)9-6-4-5-7-11(9)2/h9H,3-8H2,1-2H3. The molecular weight excluding hydrogens is 166 g/mol. The van der Waals surface area contributed by atoms with Gasteiger partial charge in [0.25, 0.3) is 0 Å². The molecule has 1 atom stereocenters. The number of hydrogen-bond acceptors (Lipinski definition) is 3. The van der Waals surface area contributed by atoms with Crippen LogP contribution in [0.4, 0.5) is 0 Å². The van der Waals surface area contributed by atoms with Crippen molar-refractivity contribution in [3.63, 3.8) is 0 Å². The van der Waals surface area contributed by atoms with E-state index in [0.29, 0.717) is 6.61 Å². The fraction of sp³-hybridized carbons (Fsp3) is 0.900. The summed E-state index contributed by atoms with van der Waals surface area (Å²) in [5, 5.41) is 0. The highest BCUT2D eigenvalue weighted by molar-refractivity contribution is 5.75. The van der Waals surface area contributed by atoms with E-state index in [0.717, 1.165) is 25.8 Å². The minimum absolute atomic E-state index is 0.0142. The lowest BCUT2D eigenvalue weighted by molar-refractivity contribution is -0.150. The second kappa shape index (κ2) is 5.22. The number of ether oxygens (including phenoxy) is 1. The van der Waals surface area contributed by atoms with Gasteiger partial charge in [-0.3, -0.25) is 9.69 Å². The maximum Gasteiger partial charge on any atom is 0.323 e. The zero-order valence-corrected chi connectivity index (χ0v) is 8.58. The molecule has 0 aromatic rings. The molecule has 1 aliphatic heterocycles. The molecule has 3 nitrogen and oxygen atoms in total. The van der Waals surface area contributed by atoms with Gasteiger partial charge in [0.1, 0.15) is 6.04 Å². The lowest BCUT2D eigenvalue weighted by atomic mass is 10.0. The largest absolute Gasteiger partial charge is 0.465 e. The summed E-state index contributed by atoms with van der Waals surface area (Å²) in [6, 6.07) is 0.0142. The summed E-state index contributed by atoms with van der Waals surface area (Å²) < 4.78 is 5.12. The number of nitrogens with zero attached hydrogens (tertiary/aromatic N) is 1. The van der Waals surface area contributed by atoms with Crippen LogP contribution >= 0.6 is 0 Å². The van der Waals surface area contributed by atoms with Gasteiger partial charge in [-0.2, -0.15) is 0 Å². The zero-order chi connectivity index (χ0) is 9.68. The molecule has 0 spiro atoms. The molecule has 0 aromatic carbocycles. The molecule has 1 heterocycles. The van der Waals surface area contributed by atoms with Crippen LogP contribution in [0.15, 0.2) is 0 Å². The van der Waals surface area contributed by atoms with E-state index in [1.54, 1.807) is 0 Å². The number of carbonyl (C=O) groups excluding carboxylic acids is 1. The molecule has 0 radical (unpaired) electrons. The van der Waals surface area contributed by atoms with Crippen LogP contribution in [-0.2, 0) is 9.53 Å². The molecule has 76 valence electrons. The highest BCUT2D eigenvalue weighted by Crippen LogP contribution is 2.15. The maximum atomic E-state index is 11.5. The van der Waals surface area contributed by atoms with Crippen molar-refractivity contribution in [1.29, 1.82) is 0 Å². The Morgan fingerprint density at radius 2 is 2.31 bits per heavy atom. The van der Waals surface area contributed by atoms with E-state index in [-0.39, 0.29) is 12.0 Å². The van der Waals surface area contributed by atoms with Crippen molar-refractivity contribution in [3.8, 4) is 0 Å². The number of hydrogen-bond donors (Lipinski definition) is 0. The Morgan fingerprint density at radius 3 is 2.92 bits per heavy atom. The third kappa shape index (κ3) is 2.99. The Hall–Kier alpha value is -0.570. The Kier molecular flexibility index (Phi) is 4.22. The first kappa shape index (κ1) is 10.5. The Morgan fingerprint density at radius 1 is 1.54 bits per heavy atom. The first-order chi connectivity index (χ1) is 6.25. The molecule has 0 aromatic heterocycles. The van der Waals surface area contributed by atoms with Gasteiger partial charge >= 0.3 is 5.97 Å². The molecule has 0 N–H and O–H groups in total. The van der Waals surface area contributed by atoms with Gasteiger partial charge in [0, 0.05) is 0 Å². The molecule has 0 bridgehead atoms. The third-order valence-electron chi connectivity index (χ3n) is 2.49. The summed E-state index contributed by atoms with van der Waals surface area (Å²) in [6.45, 7) is 3.59. The monoisotopic (exact) mass is 185 g/mol. The van der Waals surface area contributed by atoms with Crippen LogP contribution in [-0.4, -0.2) is 37.1 Å². The van der Waals surface area contributed by atoms with Crippen LogP contribution in [0.5, 0.6) is 0 Å². The summed E-state index contributed by atoms with van der Waals surface area (Å²) >= 11 is 0. The van der Waals surface area contributed by atoms with Gasteiger partial charge in [0.2, 0.25) is 0 Å². The maximum absolute atomic E-state index is 11.5. The summed E-state index contributed by atoms with van der Waals surface area (Å²) in [5.41, 5.74) is 0. The van der Waals surface area contributed by atoms with Crippen LogP contribution in [0.2, 0.25) is 0 Å². The molecule has 0 saturated carbocycles. The molecular formula is C10H19NO2. The van der Waals surface area contributed by atoms with E-state index >= 15 is 0 Å². The molecule has 1 rings (SSSR count). The summed E-state index contributed by atoms with van der Waals surface area (Å²) in [6.07, 6.45) is 4.21. The van der Waals surface area contributed by atoms with Gasteiger partial charge in [-0.1, -0.05) is 13.3 Å². The molecule has 13 heavy (non-hydrogen) atoms. The van der Waals surface area contributed by atoms with Crippen LogP contribution in [0, 0.1) is 0 Å². The number of carbonyl (C=O) groups is 1. The van der Waals surface area contributed by atoms with E-state index in [9.17, 15) is 4.79 Å². The summed E-state index contributed by atoms with van der Waals surface area (Å²) in [7, 11) is 2.00. The van der Waals surface area contributed by atoms with Crippen molar-refractivity contribution in [2.45, 2.75) is 38.6 Å². The fourth-order valence-corrected chi connectivity index (χ4v) is 1.67. The Balaban J connectivity index is 2.35. The number of likely N-dealkylation sites (N-methyl/N-ethyl adjacent to an activating group) is 1. The van der Waals surface area contributed by atoms with E-state index in [1.165, 1.54) is 6.42 Å². The molecule has 0 amide bonds. The van der Waals surface area contributed by atoms with Gasteiger partial charge in [0.15, 0.2) is 0 Å². The van der Waals surface area contributed by atoms with Crippen molar-refractivity contribution < 1.29 is 9.53 Å². The molecule has 1 saturated heterocycles. The van der Waals surface area contributed by atoms with Gasteiger partial charge in [-0.05, 0) is 32.9 Å².